The van der Waals surface area contributed by atoms with E-state index in [0.29, 0.717) is 5.75 Å². The van der Waals surface area contributed by atoms with Crippen molar-refractivity contribution < 1.29 is 19.4 Å². The highest BCUT2D eigenvalue weighted by Crippen LogP contribution is 2.25. The van der Waals surface area contributed by atoms with E-state index >= 15 is 0 Å². The molecule has 0 aliphatic rings. The highest BCUT2D eigenvalue weighted by Gasteiger charge is 2.21. The highest BCUT2D eigenvalue weighted by molar-refractivity contribution is 6.01. The van der Waals surface area contributed by atoms with E-state index in [1.165, 1.54) is 12.4 Å². The molecule has 0 atom stereocenters. The lowest BCUT2D eigenvalue weighted by atomic mass is 10.1. The van der Waals surface area contributed by atoms with Crippen LogP contribution in [0.1, 0.15) is 21.0 Å². The first kappa shape index (κ1) is 13.7. The number of carbonyl (C=O) groups excluding carboxylic acids is 1. The molecule has 0 unspecified atom stereocenters. The van der Waals surface area contributed by atoms with Gasteiger partial charge in [0.05, 0.1) is 0 Å². The minimum Gasteiger partial charge on any atom is -0.476 e. The normalized spacial score (nSPS) is 10.4. The zero-order valence-electron chi connectivity index (χ0n) is 11.3. The van der Waals surface area contributed by atoms with Crippen LogP contribution >= 0.6 is 0 Å². The number of hydrogen-bond acceptors (Lipinski definition) is 5. The van der Waals surface area contributed by atoms with E-state index in [-0.39, 0.29) is 5.69 Å². The number of aromatic nitrogens is 2. The van der Waals surface area contributed by atoms with Gasteiger partial charge in [0.25, 0.3) is 0 Å². The third-order valence-electron chi connectivity index (χ3n) is 3.05. The van der Waals surface area contributed by atoms with E-state index < -0.39 is 17.6 Å². The molecule has 3 rings (SSSR count). The van der Waals surface area contributed by atoms with Gasteiger partial charge in [-0.1, -0.05) is 36.4 Å². The highest BCUT2D eigenvalue weighted by atomic mass is 16.5. The molecule has 3 aromatic rings. The fraction of sp³-hybridized carbons (Fsp3) is 0. The maximum absolute atomic E-state index is 12.2. The van der Waals surface area contributed by atoms with Gasteiger partial charge in [-0.15, -0.1) is 0 Å². The number of nitrogens with zero attached hydrogens (tertiary/aromatic N) is 2. The summed E-state index contributed by atoms with van der Waals surface area (Å²) in [6.07, 6.45) is 2.45. The van der Waals surface area contributed by atoms with Crippen molar-refractivity contribution in [3.05, 3.63) is 66.2 Å². The number of carbonyl (C=O) groups is 2. The lowest BCUT2D eigenvalue weighted by Gasteiger charge is -2.08. The minimum absolute atomic E-state index is 0.331. The molecule has 108 valence electrons. The van der Waals surface area contributed by atoms with Crippen molar-refractivity contribution in [2.75, 3.05) is 0 Å². The first-order valence-corrected chi connectivity index (χ1v) is 6.41. The Morgan fingerprint density at radius 2 is 1.59 bits per heavy atom. The van der Waals surface area contributed by atoms with Crippen molar-refractivity contribution in [1.82, 2.24) is 9.97 Å². The quantitative estimate of drug-likeness (QED) is 0.590. The number of rotatable bonds is 3. The Morgan fingerprint density at radius 1 is 0.909 bits per heavy atom. The second-order valence-electron chi connectivity index (χ2n) is 4.43. The predicted octanol–water partition coefficient (Wildman–Crippen LogP) is 2.55. The van der Waals surface area contributed by atoms with Crippen LogP contribution in [0.25, 0.3) is 10.8 Å². The molecule has 0 spiro atoms. The summed E-state index contributed by atoms with van der Waals surface area (Å²) in [5.74, 6) is -1.86. The molecule has 0 saturated carbocycles. The van der Waals surface area contributed by atoms with Gasteiger partial charge < -0.3 is 9.84 Å². The summed E-state index contributed by atoms with van der Waals surface area (Å²) in [4.78, 5) is 30.7. The Balaban J connectivity index is 1.99. The average molecular weight is 294 g/mol. The predicted molar refractivity (Wildman–Crippen MR) is 77.9 cm³/mol. The Morgan fingerprint density at radius 3 is 2.36 bits per heavy atom. The maximum Gasteiger partial charge on any atom is 0.364 e. The van der Waals surface area contributed by atoms with Gasteiger partial charge in [-0.3, -0.25) is 0 Å². The molecule has 0 fully saturated rings. The Kier molecular flexibility index (Phi) is 3.49. The van der Waals surface area contributed by atoms with E-state index in [9.17, 15) is 9.59 Å². The number of aromatic carboxylic acids is 1. The van der Waals surface area contributed by atoms with Gasteiger partial charge >= 0.3 is 11.9 Å². The van der Waals surface area contributed by atoms with Gasteiger partial charge in [0.15, 0.2) is 11.4 Å². The van der Waals surface area contributed by atoms with Crippen LogP contribution < -0.4 is 4.74 Å². The molecular formula is C16H10N2O4. The van der Waals surface area contributed by atoms with Crippen LogP contribution in [-0.2, 0) is 0 Å². The van der Waals surface area contributed by atoms with Crippen molar-refractivity contribution in [2.45, 2.75) is 0 Å². The SMILES string of the molecule is O=C(O)c1nccnc1C(=O)Oc1cccc2ccccc12. The molecule has 1 heterocycles. The van der Waals surface area contributed by atoms with E-state index in [1.54, 1.807) is 12.1 Å². The second-order valence-corrected chi connectivity index (χ2v) is 4.43. The van der Waals surface area contributed by atoms with Crippen molar-refractivity contribution in [2.24, 2.45) is 0 Å². The van der Waals surface area contributed by atoms with Crippen LogP contribution in [0, 0.1) is 0 Å². The summed E-state index contributed by atoms with van der Waals surface area (Å²) < 4.78 is 5.30. The maximum atomic E-state index is 12.2. The molecule has 6 nitrogen and oxygen atoms in total. The Hall–Kier alpha value is -3.28. The summed E-state index contributed by atoms with van der Waals surface area (Å²) in [6, 6.07) is 12.7. The largest absolute Gasteiger partial charge is 0.476 e. The van der Waals surface area contributed by atoms with Crippen LogP contribution in [0.15, 0.2) is 54.9 Å². The molecule has 0 bridgehead atoms. The van der Waals surface area contributed by atoms with Crippen LogP contribution in [0.5, 0.6) is 5.75 Å². The Bertz CT molecular complexity index is 871. The summed E-state index contributed by atoms with van der Waals surface area (Å²) in [7, 11) is 0. The first-order chi connectivity index (χ1) is 10.7. The van der Waals surface area contributed by atoms with E-state index in [0.717, 1.165) is 10.8 Å². The molecule has 6 heteroatoms. The molecule has 2 aromatic carbocycles. The monoisotopic (exact) mass is 294 g/mol. The fourth-order valence-corrected chi connectivity index (χ4v) is 2.08. The number of fused-ring (bicyclic) bond motifs is 1. The summed E-state index contributed by atoms with van der Waals surface area (Å²) in [5.41, 5.74) is -0.768. The van der Waals surface area contributed by atoms with Gasteiger partial charge in [0.1, 0.15) is 5.75 Å². The summed E-state index contributed by atoms with van der Waals surface area (Å²) >= 11 is 0. The third kappa shape index (κ3) is 2.49. The molecule has 1 N–H and O–H groups in total. The fourth-order valence-electron chi connectivity index (χ4n) is 2.08. The molecular weight excluding hydrogens is 284 g/mol. The van der Waals surface area contributed by atoms with Crippen LogP contribution in [0.2, 0.25) is 0 Å². The van der Waals surface area contributed by atoms with Crippen molar-refractivity contribution in [1.29, 1.82) is 0 Å². The average Bonchev–Trinajstić information content (AvgIpc) is 2.55. The van der Waals surface area contributed by atoms with E-state index in [2.05, 4.69) is 9.97 Å². The lowest BCUT2D eigenvalue weighted by Crippen LogP contribution is -2.17. The number of carboxylic acids is 1. The van der Waals surface area contributed by atoms with Gasteiger partial charge in [0.2, 0.25) is 0 Å². The van der Waals surface area contributed by atoms with Crippen molar-refractivity contribution in [3.63, 3.8) is 0 Å². The molecule has 1 aromatic heterocycles. The number of hydrogen-bond donors (Lipinski definition) is 1. The van der Waals surface area contributed by atoms with E-state index in [4.69, 9.17) is 9.84 Å². The first-order valence-electron chi connectivity index (χ1n) is 6.41. The van der Waals surface area contributed by atoms with Gasteiger partial charge in [-0.25, -0.2) is 19.6 Å². The van der Waals surface area contributed by atoms with Crippen molar-refractivity contribution >= 4 is 22.7 Å². The molecule has 0 radical (unpaired) electrons. The number of esters is 1. The zero-order valence-corrected chi connectivity index (χ0v) is 11.3. The third-order valence-corrected chi connectivity index (χ3v) is 3.05. The van der Waals surface area contributed by atoms with Crippen LogP contribution in [0.4, 0.5) is 0 Å². The molecule has 0 amide bonds. The Labute approximate surface area is 125 Å². The number of benzene rings is 2. The number of ether oxygens (including phenoxy) is 1. The standard InChI is InChI=1S/C16H10N2O4/c19-15(20)13-14(18-9-8-17-13)16(21)22-12-7-3-5-10-4-1-2-6-11(10)12/h1-9H,(H,19,20). The van der Waals surface area contributed by atoms with Crippen molar-refractivity contribution in [3.8, 4) is 5.75 Å². The van der Waals surface area contributed by atoms with Gasteiger partial charge in [-0.05, 0) is 11.5 Å². The zero-order chi connectivity index (χ0) is 15.5. The van der Waals surface area contributed by atoms with Gasteiger partial charge in [0, 0.05) is 17.8 Å². The summed E-state index contributed by atoms with van der Waals surface area (Å²) in [5, 5.41) is 10.7. The van der Waals surface area contributed by atoms with Gasteiger partial charge in [-0.2, -0.15) is 0 Å². The molecule has 0 aliphatic heterocycles. The minimum atomic E-state index is -1.34. The number of carboxylic acid groups (broad SMARTS) is 1. The molecule has 0 saturated heterocycles. The lowest BCUT2D eigenvalue weighted by molar-refractivity contribution is 0.0658. The molecule has 22 heavy (non-hydrogen) atoms. The van der Waals surface area contributed by atoms with Crippen LogP contribution in [-0.4, -0.2) is 27.0 Å². The second kappa shape index (κ2) is 5.61. The smallest absolute Gasteiger partial charge is 0.364 e. The van der Waals surface area contributed by atoms with E-state index in [1.807, 2.05) is 30.3 Å². The molecule has 0 aliphatic carbocycles. The summed E-state index contributed by atoms with van der Waals surface area (Å²) in [6.45, 7) is 0. The topological polar surface area (TPSA) is 89.4 Å². The van der Waals surface area contributed by atoms with Crippen LogP contribution in [0.3, 0.4) is 0 Å².